The van der Waals surface area contributed by atoms with E-state index in [-0.39, 0.29) is 11.8 Å². The van der Waals surface area contributed by atoms with Gasteiger partial charge in [0.2, 0.25) is 15.9 Å². The van der Waals surface area contributed by atoms with Gasteiger partial charge in [-0.05, 0) is 30.5 Å². The highest BCUT2D eigenvalue weighted by Crippen LogP contribution is 2.19. The monoisotopic (exact) mass is 339 g/mol. The molecule has 1 heterocycles. The van der Waals surface area contributed by atoms with Gasteiger partial charge in [-0.15, -0.1) is 0 Å². The van der Waals surface area contributed by atoms with Crippen molar-refractivity contribution in [2.24, 2.45) is 5.92 Å². The molecule has 0 aromatic heterocycles. The van der Waals surface area contributed by atoms with Gasteiger partial charge in [-0.25, -0.2) is 12.7 Å². The SMILES string of the molecule is CN(C)c1ccc(CNC(=O)C2CCN(S(C)(=O)=O)CC2)cc1. The fraction of sp³-hybridized carbons (Fsp3) is 0.562. The number of nitrogens with zero attached hydrogens (tertiary/aromatic N) is 2. The number of nitrogens with one attached hydrogen (secondary N) is 1. The first-order valence-electron chi connectivity index (χ1n) is 7.76. The van der Waals surface area contributed by atoms with E-state index in [0.717, 1.165) is 11.3 Å². The zero-order valence-corrected chi connectivity index (χ0v) is 14.8. The molecule has 0 bridgehead atoms. The van der Waals surface area contributed by atoms with Crippen molar-refractivity contribution in [3.63, 3.8) is 0 Å². The Balaban J connectivity index is 1.81. The molecule has 1 N–H and O–H groups in total. The molecule has 1 aliphatic heterocycles. The summed E-state index contributed by atoms with van der Waals surface area (Å²) in [5, 5.41) is 2.95. The number of piperidine rings is 1. The number of anilines is 1. The summed E-state index contributed by atoms with van der Waals surface area (Å²) in [6.07, 6.45) is 2.38. The molecule has 0 saturated carbocycles. The van der Waals surface area contributed by atoms with E-state index in [9.17, 15) is 13.2 Å². The molecule has 0 spiro atoms. The minimum Gasteiger partial charge on any atom is -0.378 e. The number of carbonyl (C=O) groups excluding carboxylic acids is 1. The van der Waals surface area contributed by atoms with Crippen molar-refractivity contribution in [3.05, 3.63) is 29.8 Å². The molecule has 1 fully saturated rings. The van der Waals surface area contributed by atoms with Crippen LogP contribution in [0.2, 0.25) is 0 Å². The summed E-state index contributed by atoms with van der Waals surface area (Å²) < 4.78 is 24.4. The zero-order valence-electron chi connectivity index (χ0n) is 13.9. The molecule has 128 valence electrons. The van der Waals surface area contributed by atoms with Crippen LogP contribution in [-0.4, -0.2) is 52.1 Å². The van der Waals surface area contributed by atoms with Gasteiger partial charge in [-0.1, -0.05) is 12.1 Å². The van der Waals surface area contributed by atoms with E-state index in [1.807, 2.05) is 43.3 Å². The van der Waals surface area contributed by atoms with Crippen LogP contribution in [0.15, 0.2) is 24.3 Å². The molecule has 1 amide bonds. The lowest BCUT2D eigenvalue weighted by Gasteiger charge is -2.29. The standard InChI is InChI=1S/C16H25N3O3S/c1-18(2)15-6-4-13(5-7-15)12-17-16(20)14-8-10-19(11-9-14)23(3,21)22/h4-7,14H,8-12H2,1-3H3,(H,17,20). The lowest BCUT2D eigenvalue weighted by molar-refractivity contribution is -0.126. The summed E-state index contributed by atoms with van der Waals surface area (Å²) in [6, 6.07) is 8.04. The van der Waals surface area contributed by atoms with Crippen LogP contribution in [0.3, 0.4) is 0 Å². The van der Waals surface area contributed by atoms with Crippen LogP contribution in [0.25, 0.3) is 0 Å². The highest BCUT2D eigenvalue weighted by atomic mass is 32.2. The molecule has 1 saturated heterocycles. The summed E-state index contributed by atoms with van der Waals surface area (Å²) in [5.41, 5.74) is 2.17. The molecule has 6 nitrogen and oxygen atoms in total. The van der Waals surface area contributed by atoms with Gasteiger partial charge in [0, 0.05) is 45.3 Å². The molecule has 7 heteroatoms. The summed E-state index contributed by atoms with van der Waals surface area (Å²) in [5.74, 6) is -0.0936. The third-order valence-corrected chi connectivity index (χ3v) is 5.52. The first kappa shape index (κ1) is 17.7. The topological polar surface area (TPSA) is 69.7 Å². The zero-order chi connectivity index (χ0) is 17.0. The Labute approximate surface area is 138 Å². The second-order valence-corrected chi connectivity index (χ2v) is 8.20. The third kappa shape index (κ3) is 4.94. The van der Waals surface area contributed by atoms with Gasteiger partial charge in [0.1, 0.15) is 0 Å². The average Bonchev–Trinajstić information content (AvgIpc) is 2.52. The van der Waals surface area contributed by atoms with E-state index < -0.39 is 10.0 Å². The van der Waals surface area contributed by atoms with Crippen LogP contribution >= 0.6 is 0 Å². The predicted molar refractivity (Wildman–Crippen MR) is 91.8 cm³/mol. The minimum absolute atomic E-state index is 0.00911. The summed E-state index contributed by atoms with van der Waals surface area (Å²) in [7, 11) is 0.828. The quantitative estimate of drug-likeness (QED) is 0.870. The Morgan fingerprint density at radius 1 is 1.22 bits per heavy atom. The Kier molecular flexibility index (Phi) is 5.64. The van der Waals surface area contributed by atoms with Gasteiger partial charge in [-0.2, -0.15) is 0 Å². The first-order valence-corrected chi connectivity index (χ1v) is 9.61. The van der Waals surface area contributed by atoms with Crippen molar-refractivity contribution in [1.29, 1.82) is 0 Å². The van der Waals surface area contributed by atoms with Gasteiger partial charge >= 0.3 is 0 Å². The molecule has 2 rings (SSSR count). The fourth-order valence-electron chi connectivity index (χ4n) is 2.70. The van der Waals surface area contributed by atoms with Crippen molar-refractivity contribution < 1.29 is 13.2 Å². The third-order valence-electron chi connectivity index (χ3n) is 4.21. The van der Waals surface area contributed by atoms with E-state index in [0.29, 0.717) is 32.5 Å². The molecule has 23 heavy (non-hydrogen) atoms. The van der Waals surface area contributed by atoms with Crippen LogP contribution in [-0.2, 0) is 21.4 Å². The Hall–Kier alpha value is -1.60. The second kappa shape index (κ2) is 7.31. The minimum atomic E-state index is -3.14. The smallest absolute Gasteiger partial charge is 0.223 e. The Bertz CT molecular complexity index is 633. The number of carbonyl (C=O) groups is 1. The number of sulfonamides is 1. The molecular weight excluding hydrogens is 314 g/mol. The number of benzene rings is 1. The van der Waals surface area contributed by atoms with Gasteiger partial charge in [-0.3, -0.25) is 4.79 Å². The second-order valence-electron chi connectivity index (χ2n) is 6.21. The largest absolute Gasteiger partial charge is 0.378 e. The van der Waals surface area contributed by atoms with Crippen LogP contribution in [0.5, 0.6) is 0 Å². The molecule has 1 aromatic carbocycles. The maximum Gasteiger partial charge on any atom is 0.223 e. The summed E-state index contributed by atoms with van der Waals surface area (Å²) in [4.78, 5) is 14.2. The Morgan fingerprint density at radius 2 is 1.78 bits per heavy atom. The highest BCUT2D eigenvalue weighted by Gasteiger charge is 2.28. The van der Waals surface area contributed by atoms with Crippen LogP contribution in [0.4, 0.5) is 5.69 Å². The summed E-state index contributed by atoms with van der Waals surface area (Å²) in [6.45, 7) is 1.35. The molecule has 1 aliphatic rings. The Morgan fingerprint density at radius 3 is 2.26 bits per heavy atom. The maximum atomic E-state index is 12.2. The molecule has 0 radical (unpaired) electrons. The number of rotatable bonds is 5. The van der Waals surface area contributed by atoms with Crippen molar-refractivity contribution in [2.45, 2.75) is 19.4 Å². The molecule has 1 aromatic rings. The van der Waals surface area contributed by atoms with E-state index in [1.165, 1.54) is 10.6 Å². The van der Waals surface area contributed by atoms with Gasteiger partial charge in [0.15, 0.2) is 0 Å². The van der Waals surface area contributed by atoms with E-state index >= 15 is 0 Å². The van der Waals surface area contributed by atoms with Crippen molar-refractivity contribution in [3.8, 4) is 0 Å². The lowest BCUT2D eigenvalue weighted by atomic mass is 9.97. The van der Waals surface area contributed by atoms with Crippen molar-refractivity contribution in [1.82, 2.24) is 9.62 Å². The predicted octanol–water partition coefficient (Wildman–Crippen LogP) is 1.04. The average molecular weight is 339 g/mol. The number of amides is 1. The van der Waals surface area contributed by atoms with Crippen LogP contribution in [0.1, 0.15) is 18.4 Å². The number of hydrogen-bond acceptors (Lipinski definition) is 4. The highest BCUT2D eigenvalue weighted by molar-refractivity contribution is 7.88. The van der Waals surface area contributed by atoms with Gasteiger partial charge in [0.25, 0.3) is 0 Å². The molecule has 0 unspecified atom stereocenters. The molecule has 0 atom stereocenters. The maximum absolute atomic E-state index is 12.2. The van der Waals surface area contributed by atoms with Gasteiger partial charge < -0.3 is 10.2 Å². The van der Waals surface area contributed by atoms with E-state index in [4.69, 9.17) is 0 Å². The van der Waals surface area contributed by atoms with Crippen LogP contribution < -0.4 is 10.2 Å². The van der Waals surface area contributed by atoms with Gasteiger partial charge in [0.05, 0.1) is 6.26 Å². The van der Waals surface area contributed by atoms with E-state index in [1.54, 1.807) is 0 Å². The van der Waals surface area contributed by atoms with Crippen molar-refractivity contribution in [2.75, 3.05) is 38.3 Å². The van der Waals surface area contributed by atoms with Crippen LogP contribution in [0, 0.1) is 5.92 Å². The summed E-state index contributed by atoms with van der Waals surface area (Å²) >= 11 is 0. The first-order chi connectivity index (χ1) is 10.8. The molecule has 0 aliphatic carbocycles. The number of hydrogen-bond donors (Lipinski definition) is 1. The fourth-order valence-corrected chi connectivity index (χ4v) is 3.57. The normalized spacial score (nSPS) is 17.0. The van der Waals surface area contributed by atoms with E-state index in [2.05, 4.69) is 5.32 Å². The molecular formula is C16H25N3O3S. The van der Waals surface area contributed by atoms with Crippen molar-refractivity contribution >= 4 is 21.6 Å². The lowest BCUT2D eigenvalue weighted by Crippen LogP contribution is -2.42.